The smallest absolute Gasteiger partial charge is 0.402 e. The molecule has 10 heavy (non-hydrogen) atoms. The van der Waals surface area contributed by atoms with Crippen molar-refractivity contribution in [1.29, 1.82) is 0 Å². The summed E-state index contributed by atoms with van der Waals surface area (Å²) in [6.45, 7) is 0. The Morgan fingerprint density at radius 2 is 1.50 bits per heavy atom. The normalized spacial score (nSPS) is 10.6. The zero-order chi connectivity index (χ0) is 7.82. The lowest BCUT2D eigenvalue weighted by Gasteiger charge is -1.92. The van der Waals surface area contributed by atoms with Crippen LogP contribution in [0.2, 0.25) is 0 Å². The number of carbonyl (C=O) groups is 1. The van der Waals surface area contributed by atoms with Gasteiger partial charge in [-0.3, -0.25) is 0 Å². The minimum absolute atomic E-state index is 0.895. The van der Waals surface area contributed by atoms with E-state index in [1.54, 1.807) is 0 Å². The largest absolute Gasteiger partial charge is 0.518 e. The first-order chi connectivity index (χ1) is 4.81. The van der Waals surface area contributed by atoms with Crippen molar-refractivity contribution in [2.45, 2.75) is 0 Å². The van der Waals surface area contributed by atoms with Gasteiger partial charge in [-0.25, -0.2) is 4.79 Å². The zero-order valence-electron chi connectivity index (χ0n) is 4.79. The molecule has 0 N–H and O–H groups in total. The molecule has 0 aromatic rings. The molecule has 0 heterocycles. The van der Waals surface area contributed by atoms with Crippen LogP contribution in [0.25, 0.3) is 0 Å². The van der Waals surface area contributed by atoms with Crippen molar-refractivity contribution in [1.82, 2.24) is 0 Å². The van der Waals surface area contributed by atoms with Gasteiger partial charge in [-0.05, 0) is 0 Å². The molecule has 0 fully saturated rings. The summed E-state index contributed by atoms with van der Waals surface area (Å²) in [5.74, 6) is 0. The van der Waals surface area contributed by atoms with E-state index >= 15 is 0 Å². The Kier molecular flexibility index (Phi) is 6.02. The van der Waals surface area contributed by atoms with Crippen LogP contribution in [0.3, 0.4) is 0 Å². The van der Waals surface area contributed by atoms with Crippen LogP contribution >= 0.6 is 23.2 Å². The monoisotopic (exact) mass is 182 g/mol. The third-order valence-corrected chi connectivity index (χ3v) is 0.637. The first kappa shape index (κ1) is 9.33. The van der Waals surface area contributed by atoms with Crippen molar-refractivity contribution in [3.05, 3.63) is 23.6 Å². The number of rotatable bonds is 2. The van der Waals surface area contributed by atoms with E-state index in [0.717, 1.165) is 23.6 Å². The Hall–Kier alpha value is -0.670. The highest BCUT2D eigenvalue weighted by molar-refractivity contribution is 6.25. The molecule has 0 aliphatic rings. The maximum Gasteiger partial charge on any atom is 0.518 e. The molecule has 0 aliphatic heterocycles. The van der Waals surface area contributed by atoms with Crippen LogP contribution in [0.5, 0.6) is 0 Å². The van der Waals surface area contributed by atoms with Gasteiger partial charge in [-0.15, -0.1) is 0 Å². The highest BCUT2D eigenvalue weighted by atomic mass is 35.5. The second kappa shape index (κ2) is 6.45. The predicted octanol–water partition coefficient (Wildman–Crippen LogP) is 2.56. The average molecular weight is 183 g/mol. The van der Waals surface area contributed by atoms with Crippen molar-refractivity contribution >= 4 is 29.4 Å². The molecule has 0 aromatic carbocycles. The maximum atomic E-state index is 10.3. The minimum Gasteiger partial charge on any atom is -0.402 e. The summed E-state index contributed by atoms with van der Waals surface area (Å²) >= 11 is 10.0. The molecule has 0 rings (SSSR count). The number of halogens is 2. The van der Waals surface area contributed by atoms with E-state index in [4.69, 9.17) is 23.2 Å². The minimum atomic E-state index is -0.895. The molecule has 0 radical (unpaired) electrons. The van der Waals surface area contributed by atoms with E-state index in [-0.39, 0.29) is 0 Å². The van der Waals surface area contributed by atoms with Gasteiger partial charge in [-0.2, -0.15) is 0 Å². The van der Waals surface area contributed by atoms with Gasteiger partial charge in [0.2, 0.25) is 0 Å². The number of carbonyl (C=O) groups excluding carboxylic acids is 1. The van der Waals surface area contributed by atoms with E-state index in [1.165, 1.54) is 0 Å². The summed E-state index contributed by atoms with van der Waals surface area (Å²) in [7, 11) is 0. The lowest BCUT2D eigenvalue weighted by atomic mass is 11.1. The Labute approximate surface area is 67.8 Å². The SMILES string of the molecule is O=C(OC=CCl)OC=CCl. The van der Waals surface area contributed by atoms with Crippen molar-refractivity contribution in [2.75, 3.05) is 0 Å². The lowest BCUT2D eigenvalue weighted by molar-refractivity contribution is 0.120. The molecule has 0 aliphatic carbocycles. The summed E-state index contributed by atoms with van der Waals surface area (Å²) in [4.78, 5) is 10.3. The summed E-state index contributed by atoms with van der Waals surface area (Å²) in [5, 5.41) is 0. The van der Waals surface area contributed by atoms with Crippen LogP contribution in [-0.4, -0.2) is 6.16 Å². The van der Waals surface area contributed by atoms with Gasteiger partial charge in [0.25, 0.3) is 0 Å². The average Bonchev–Trinajstić information content (AvgIpc) is 1.97. The van der Waals surface area contributed by atoms with Crippen molar-refractivity contribution in [2.24, 2.45) is 0 Å². The molecule has 0 atom stereocenters. The standard InChI is InChI=1S/C5H4Cl2O3/c6-1-3-9-5(8)10-4-2-7/h1-4H. The highest BCUT2D eigenvalue weighted by Gasteiger charge is 1.95. The number of ether oxygens (including phenoxy) is 2. The van der Waals surface area contributed by atoms with E-state index in [2.05, 4.69) is 9.47 Å². The Balaban J connectivity index is 3.44. The summed E-state index contributed by atoms with van der Waals surface area (Å²) in [6.07, 6.45) is 1.06. The molecule has 0 unspecified atom stereocenters. The fourth-order valence-corrected chi connectivity index (χ4v) is 0.293. The maximum absolute atomic E-state index is 10.3. The molecule has 0 aromatic heterocycles. The molecule has 0 saturated carbocycles. The van der Waals surface area contributed by atoms with E-state index in [0.29, 0.717) is 0 Å². The molecular weight excluding hydrogens is 179 g/mol. The van der Waals surface area contributed by atoms with E-state index in [1.807, 2.05) is 0 Å². The molecule has 5 heteroatoms. The first-order valence-corrected chi connectivity index (χ1v) is 3.06. The topological polar surface area (TPSA) is 35.5 Å². The van der Waals surface area contributed by atoms with Crippen molar-refractivity contribution in [3.8, 4) is 0 Å². The highest BCUT2D eigenvalue weighted by Crippen LogP contribution is 1.89. The fraction of sp³-hybridized carbons (Fsp3) is 0. The number of hydrogen-bond donors (Lipinski definition) is 0. The van der Waals surface area contributed by atoms with Crippen molar-refractivity contribution < 1.29 is 14.3 Å². The van der Waals surface area contributed by atoms with E-state index in [9.17, 15) is 4.79 Å². The van der Waals surface area contributed by atoms with Crippen molar-refractivity contribution in [3.63, 3.8) is 0 Å². The van der Waals surface area contributed by atoms with Gasteiger partial charge >= 0.3 is 6.16 Å². The number of hydrogen-bond acceptors (Lipinski definition) is 3. The molecule has 0 saturated heterocycles. The van der Waals surface area contributed by atoms with Crippen LogP contribution in [-0.2, 0) is 9.47 Å². The van der Waals surface area contributed by atoms with Crippen LogP contribution in [0, 0.1) is 0 Å². The predicted molar refractivity (Wildman–Crippen MR) is 37.6 cm³/mol. The second-order valence-corrected chi connectivity index (χ2v) is 1.51. The molecule has 56 valence electrons. The summed E-state index contributed by atoms with van der Waals surface area (Å²) < 4.78 is 8.42. The Morgan fingerprint density at radius 3 is 1.80 bits per heavy atom. The summed E-state index contributed by atoms with van der Waals surface area (Å²) in [6, 6.07) is 0. The van der Waals surface area contributed by atoms with Gasteiger partial charge in [0.1, 0.15) is 12.5 Å². The molecule has 3 nitrogen and oxygen atoms in total. The fourth-order valence-electron chi connectivity index (χ4n) is 0.190. The molecule has 0 spiro atoms. The van der Waals surface area contributed by atoms with Crippen LogP contribution in [0.15, 0.2) is 23.6 Å². The first-order valence-electron chi connectivity index (χ1n) is 2.19. The third kappa shape index (κ3) is 5.47. The Bertz CT molecular complexity index is 137. The van der Waals surface area contributed by atoms with Gasteiger partial charge in [0, 0.05) is 11.1 Å². The second-order valence-electron chi connectivity index (χ2n) is 1.01. The van der Waals surface area contributed by atoms with E-state index < -0.39 is 6.16 Å². The Morgan fingerprint density at radius 1 is 1.10 bits per heavy atom. The van der Waals surface area contributed by atoms with Crippen LogP contribution in [0.1, 0.15) is 0 Å². The zero-order valence-corrected chi connectivity index (χ0v) is 6.30. The van der Waals surface area contributed by atoms with Gasteiger partial charge < -0.3 is 9.47 Å². The van der Waals surface area contributed by atoms with Crippen LogP contribution in [0.4, 0.5) is 4.79 Å². The quantitative estimate of drug-likeness (QED) is 0.487. The molecular formula is C5H4Cl2O3. The molecule has 0 bridgehead atoms. The summed E-state index contributed by atoms with van der Waals surface area (Å²) in [5.41, 5.74) is 2.07. The third-order valence-electron chi connectivity index (χ3n) is 0.431. The molecule has 0 amide bonds. The lowest BCUT2D eigenvalue weighted by Crippen LogP contribution is -1.96. The van der Waals surface area contributed by atoms with Crippen LogP contribution < -0.4 is 0 Å². The van der Waals surface area contributed by atoms with Gasteiger partial charge in [0.05, 0.1) is 0 Å². The van der Waals surface area contributed by atoms with Gasteiger partial charge in [-0.1, -0.05) is 23.2 Å². The van der Waals surface area contributed by atoms with Gasteiger partial charge in [0.15, 0.2) is 0 Å².